The van der Waals surface area contributed by atoms with Gasteiger partial charge in [-0.1, -0.05) is 12.1 Å². The van der Waals surface area contributed by atoms with E-state index in [4.69, 9.17) is 10.3 Å². The fourth-order valence-electron chi connectivity index (χ4n) is 1.32. The highest BCUT2D eigenvalue weighted by molar-refractivity contribution is 5.80. The number of nitrogens with two attached hydrogens (primary N) is 1. The first-order chi connectivity index (χ1) is 6.22. The predicted molar refractivity (Wildman–Crippen MR) is 51.3 cm³/mol. The lowest BCUT2D eigenvalue weighted by molar-refractivity contribution is 0.614. The highest BCUT2D eigenvalue weighted by Crippen LogP contribution is 2.24. The lowest BCUT2D eigenvalue weighted by atomic mass is 10.1. The molecule has 1 heterocycles. The predicted octanol–water partition coefficient (Wildman–Crippen LogP) is 1.73. The fraction of sp³-hybridized carbons (Fsp3) is 0.222. The Morgan fingerprint density at radius 1 is 1.31 bits per heavy atom. The summed E-state index contributed by atoms with van der Waals surface area (Å²) in [5.41, 5.74) is 6.21. The Morgan fingerprint density at radius 3 is 2.62 bits per heavy atom. The Bertz CT molecular complexity index is 408. The van der Waals surface area contributed by atoms with E-state index in [-0.39, 0.29) is 0 Å². The third kappa shape index (κ3) is 1.15. The number of aromatic nitrogens is 1. The third-order valence-corrected chi connectivity index (χ3v) is 2.07. The first kappa shape index (κ1) is 8.07. The van der Waals surface area contributed by atoms with Crippen molar-refractivity contribution in [1.29, 1.82) is 0 Å². The maximum absolute atomic E-state index is 5.38. The monoisotopic (exact) mass is 177 g/mol. The van der Waals surface area contributed by atoms with E-state index in [1.807, 2.05) is 26.0 Å². The first-order valence-corrected chi connectivity index (χ1v) is 4.05. The van der Waals surface area contributed by atoms with Gasteiger partial charge in [-0.15, -0.1) is 0 Å². The molecule has 0 spiro atoms. The molecule has 2 rings (SSSR count). The molecule has 0 aliphatic heterocycles. The Balaban J connectivity index is 2.80. The molecule has 68 valence electrons. The molecular weight excluding hydrogens is 166 g/mol. The van der Waals surface area contributed by atoms with Gasteiger partial charge in [-0.2, -0.15) is 4.98 Å². The van der Waals surface area contributed by atoms with Gasteiger partial charge in [0, 0.05) is 0 Å². The molecule has 0 unspecified atom stereocenters. The molecule has 0 fully saturated rings. The van der Waals surface area contributed by atoms with Gasteiger partial charge >= 0.3 is 6.01 Å². The second kappa shape index (κ2) is 2.74. The molecule has 0 aliphatic rings. The summed E-state index contributed by atoms with van der Waals surface area (Å²) in [6, 6.07) is 4.37. The third-order valence-electron chi connectivity index (χ3n) is 2.07. The Hall–Kier alpha value is -1.55. The van der Waals surface area contributed by atoms with Crippen LogP contribution >= 0.6 is 0 Å². The molecule has 0 saturated heterocycles. The largest absolute Gasteiger partial charge is 0.422 e. The van der Waals surface area contributed by atoms with Crippen LogP contribution in [0, 0.1) is 13.8 Å². The summed E-state index contributed by atoms with van der Waals surface area (Å²) in [6.45, 7) is 3.97. The summed E-state index contributed by atoms with van der Waals surface area (Å²) < 4.78 is 5.38. The minimum atomic E-state index is 0.354. The average molecular weight is 177 g/mol. The molecular formula is C9H11N3O. The number of nitrogen functional groups attached to an aromatic ring is 1. The molecule has 0 atom stereocenters. The standard InChI is InChI=1S/C9H11N3O/c1-5-3-4-6(2)8-7(5)11-9(12-10)13-8/h3-4H,10H2,1-2H3,(H,11,12). The van der Waals surface area contributed by atoms with Crippen LogP contribution in [0.15, 0.2) is 16.5 Å². The molecule has 0 radical (unpaired) electrons. The summed E-state index contributed by atoms with van der Waals surface area (Å²) in [4.78, 5) is 4.19. The van der Waals surface area contributed by atoms with E-state index in [9.17, 15) is 0 Å². The molecule has 0 aliphatic carbocycles. The van der Waals surface area contributed by atoms with E-state index in [1.54, 1.807) is 0 Å². The van der Waals surface area contributed by atoms with Gasteiger partial charge in [-0.25, -0.2) is 5.84 Å². The highest BCUT2D eigenvalue weighted by atomic mass is 16.4. The summed E-state index contributed by atoms with van der Waals surface area (Å²) in [5.74, 6) is 5.21. The molecule has 4 nitrogen and oxygen atoms in total. The summed E-state index contributed by atoms with van der Waals surface area (Å²) in [6.07, 6.45) is 0. The number of benzene rings is 1. The van der Waals surface area contributed by atoms with Crippen molar-refractivity contribution in [2.45, 2.75) is 13.8 Å². The molecule has 13 heavy (non-hydrogen) atoms. The Kier molecular flexibility index (Phi) is 1.70. The average Bonchev–Trinajstić information content (AvgIpc) is 2.56. The lowest BCUT2D eigenvalue weighted by Crippen LogP contribution is -2.06. The molecule has 2 aromatic rings. The zero-order chi connectivity index (χ0) is 9.42. The van der Waals surface area contributed by atoms with Gasteiger partial charge < -0.3 is 4.42 Å². The van der Waals surface area contributed by atoms with Crippen LogP contribution in [0.1, 0.15) is 11.1 Å². The van der Waals surface area contributed by atoms with Crippen LogP contribution in [0.5, 0.6) is 0 Å². The van der Waals surface area contributed by atoms with Crippen LogP contribution in [-0.4, -0.2) is 4.98 Å². The molecule has 3 N–H and O–H groups in total. The van der Waals surface area contributed by atoms with Crippen molar-refractivity contribution in [2.24, 2.45) is 5.84 Å². The van der Waals surface area contributed by atoms with E-state index in [0.717, 1.165) is 22.2 Å². The number of nitrogens with one attached hydrogen (secondary N) is 1. The zero-order valence-corrected chi connectivity index (χ0v) is 7.59. The van der Waals surface area contributed by atoms with Crippen molar-refractivity contribution in [3.8, 4) is 0 Å². The van der Waals surface area contributed by atoms with E-state index in [0.29, 0.717) is 6.01 Å². The number of oxazole rings is 1. The SMILES string of the molecule is Cc1ccc(C)c2oc(NN)nc12. The minimum Gasteiger partial charge on any atom is -0.422 e. The number of hydrazine groups is 1. The van der Waals surface area contributed by atoms with Gasteiger partial charge in [-0.05, 0) is 25.0 Å². The fourth-order valence-corrected chi connectivity index (χ4v) is 1.32. The van der Waals surface area contributed by atoms with Gasteiger partial charge in [0.15, 0.2) is 5.58 Å². The lowest BCUT2D eigenvalue weighted by Gasteiger charge is -1.94. The first-order valence-electron chi connectivity index (χ1n) is 4.05. The van der Waals surface area contributed by atoms with Crippen LogP contribution in [0.25, 0.3) is 11.1 Å². The molecule has 1 aromatic heterocycles. The van der Waals surface area contributed by atoms with E-state index in [2.05, 4.69) is 10.4 Å². The van der Waals surface area contributed by atoms with Gasteiger partial charge in [0.05, 0.1) is 0 Å². The van der Waals surface area contributed by atoms with Crippen LogP contribution in [-0.2, 0) is 0 Å². The van der Waals surface area contributed by atoms with Gasteiger partial charge in [-0.3, -0.25) is 5.43 Å². The van der Waals surface area contributed by atoms with Crippen molar-refractivity contribution in [3.63, 3.8) is 0 Å². The number of aryl methyl sites for hydroxylation is 2. The van der Waals surface area contributed by atoms with Crippen LogP contribution < -0.4 is 11.3 Å². The van der Waals surface area contributed by atoms with Gasteiger partial charge in [0.2, 0.25) is 0 Å². The minimum absolute atomic E-state index is 0.354. The van der Waals surface area contributed by atoms with Crippen molar-refractivity contribution in [1.82, 2.24) is 4.98 Å². The number of rotatable bonds is 1. The van der Waals surface area contributed by atoms with E-state index in [1.165, 1.54) is 0 Å². The van der Waals surface area contributed by atoms with Crippen molar-refractivity contribution >= 4 is 17.1 Å². The zero-order valence-electron chi connectivity index (χ0n) is 7.59. The topological polar surface area (TPSA) is 64.1 Å². The summed E-state index contributed by atoms with van der Waals surface area (Å²) in [7, 11) is 0. The summed E-state index contributed by atoms with van der Waals surface area (Å²) in [5, 5.41) is 0. The van der Waals surface area contributed by atoms with E-state index < -0.39 is 0 Å². The molecule has 1 aromatic carbocycles. The maximum atomic E-state index is 5.38. The summed E-state index contributed by atoms with van der Waals surface area (Å²) >= 11 is 0. The number of nitrogens with zero attached hydrogens (tertiary/aromatic N) is 1. The number of anilines is 1. The van der Waals surface area contributed by atoms with Crippen LogP contribution in [0.3, 0.4) is 0 Å². The van der Waals surface area contributed by atoms with Gasteiger partial charge in [0.25, 0.3) is 0 Å². The smallest absolute Gasteiger partial charge is 0.310 e. The Labute approximate surface area is 75.7 Å². The molecule has 0 amide bonds. The number of hydrogen-bond donors (Lipinski definition) is 2. The maximum Gasteiger partial charge on any atom is 0.310 e. The highest BCUT2D eigenvalue weighted by Gasteiger charge is 2.08. The van der Waals surface area contributed by atoms with Crippen LogP contribution in [0.4, 0.5) is 6.01 Å². The van der Waals surface area contributed by atoms with E-state index >= 15 is 0 Å². The van der Waals surface area contributed by atoms with Crippen molar-refractivity contribution in [3.05, 3.63) is 23.3 Å². The molecule has 0 bridgehead atoms. The Morgan fingerprint density at radius 2 is 2.00 bits per heavy atom. The number of hydrogen-bond acceptors (Lipinski definition) is 4. The molecule has 4 heteroatoms. The molecule has 0 saturated carbocycles. The number of fused-ring (bicyclic) bond motifs is 1. The van der Waals surface area contributed by atoms with Crippen molar-refractivity contribution in [2.75, 3.05) is 5.43 Å². The van der Waals surface area contributed by atoms with Crippen LogP contribution in [0.2, 0.25) is 0 Å². The van der Waals surface area contributed by atoms with Gasteiger partial charge in [0.1, 0.15) is 5.52 Å². The quantitative estimate of drug-likeness (QED) is 0.514. The second-order valence-corrected chi connectivity index (χ2v) is 3.04. The van der Waals surface area contributed by atoms with Crippen molar-refractivity contribution < 1.29 is 4.42 Å². The second-order valence-electron chi connectivity index (χ2n) is 3.04. The normalized spacial score (nSPS) is 10.7.